The Morgan fingerprint density at radius 2 is 2.00 bits per heavy atom. The molecule has 2 heterocycles. The molecule has 2 N–H and O–H groups in total. The third kappa shape index (κ3) is 3.66. The maximum absolute atomic E-state index is 12.3. The fraction of sp³-hybridized carbons (Fsp3) is 0.533. The van der Waals surface area contributed by atoms with Crippen LogP contribution in [-0.2, 0) is 0 Å². The van der Waals surface area contributed by atoms with E-state index in [1.165, 1.54) is 6.42 Å². The van der Waals surface area contributed by atoms with Gasteiger partial charge in [0, 0.05) is 43.8 Å². The minimum atomic E-state index is -0.117. The second-order valence-electron chi connectivity index (χ2n) is 5.72. The minimum Gasteiger partial charge on any atom is -0.322 e. The number of halogens is 2. The van der Waals surface area contributed by atoms with Crippen LogP contribution in [0, 0.1) is 0 Å². The highest BCUT2D eigenvalue weighted by molar-refractivity contribution is 6.35. The van der Waals surface area contributed by atoms with E-state index in [0.29, 0.717) is 21.8 Å². The van der Waals surface area contributed by atoms with Crippen LogP contribution in [0.1, 0.15) is 6.42 Å². The van der Waals surface area contributed by atoms with Crippen molar-refractivity contribution in [3.05, 3.63) is 28.2 Å². The minimum absolute atomic E-state index is 0.117. The van der Waals surface area contributed by atoms with Crippen LogP contribution in [0.5, 0.6) is 0 Å². The zero-order valence-electron chi connectivity index (χ0n) is 12.3. The smallest absolute Gasteiger partial charge is 0.321 e. The zero-order valence-corrected chi connectivity index (χ0v) is 13.8. The van der Waals surface area contributed by atoms with E-state index < -0.39 is 0 Å². The molecule has 2 fully saturated rings. The summed E-state index contributed by atoms with van der Waals surface area (Å²) in [5.74, 6) is 0. The van der Waals surface area contributed by atoms with Crippen LogP contribution >= 0.6 is 23.2 Å². The van der Waals surface area contributed by atoms with Crippen molar-refractivity contribution in [2.75, 3.05) is 44.6 Å². The molecule has 1 atom stereocenters. The predicted octanol–water partition coefficient (Wildman–Crippen LogP) is 2.50. The van der Waals surface area contributed by atoms with E-state index in [-0.39, 0.29) is 6.03 Å². The summed E-state index contributed by atoms with van der Waals surface area (Å²) >= 11 is 12.0. The van der Waals surface area contributed by atoms with Gasteiger partial charge in [-0.2, -0.15) is 0 Å². The number of benzene rings is 1. The fourth-order valence-corrected chi connectivity index (χ4v) is 3.37. The summed E-state index contributed by atoms with van der Waals surface area (Å²) in [5.41, 5.74) is 0.557. The SMILES string of the molecule is O=C(Nc1cc(Cl)ccc1Cl)N1CCN(C2CCNC2)CC1. The van der Waals surface area contributed by atoms with Gasteiger partial charge in [0.25, 0.3) is 0 Å². The van der Waals surface area contributed by atoms with E-state index in [2.05, 4.69) is 15.5 Å². The summed E-state index contributed by atoms with van der Waals surface area (Å²) in [4.78, 5) is 16.6. The van der Waals surface area contributed by atoms with E-state index in [1.54, 1.807) is 18.2 Å². The topological polar surface area (TPSA) is 47.6 Å². The number of urea groups is 1. The number of carbonyl (C=O) groups is 1. The van der Waals surface area contributed by atoms with Gasteiger partial charge in [0.2, 0.25) is 0 Å². The first kappa shape index (κ1) is 15.9. The molecule has 120 valence electrons. The van der Waals surface area contributed by atoms with Crippen LogP contribution in [0.15, 0.2) is 18.2 Å². The normalized spacial score (nSPS) is 22.8. The highest BCUT2D eigenvalue weighted by Gasteiger charge is 2.27. The van der Waals surface area contributed by atoms with Crippen molar-refractivity contribution >= 4 is 34.9 Å². The maximum Gasteiger partial charge on any atom is 0.321 e. The molecule has 22 heavy (non-hydrogen) atoms. The van der Waals surface area contributed by atoms with Gasteiger partial charge in [0.15, 0.2) is 0 Å². The first-order chi connectivity index (χ1) is 10.6. The van der Waals surface area contributed by atoms with Crippen molar-refractivity contribution in [2.45, 2.75) is 12.5 Å². The monoisotopic (exact) mass is 342 g/mol. The number of amides is 2. The average Bonchev–Trinajstić information content (AvgIpc) is 3.05. The molecule has 2 amide bonds. The quantitative estimate of drug-likeness (QED) is 0.868. The molecule has 1 aromatic carbocycles. The van der Waals surface area contributed by atoms with Crippen LogP contribution in [0.3, 0.4) is 0 Å². The molecule has 7 heteroatoms. The van der Waals surface area contributed by atoms with E-state index in [4.69, 9.17) is 23.2 Å². The zero-order chi connectivity index (χ0) is 15.5. The molecule has 0 spiro atoms. The molecule has 2 saturated heterocycles. The van der Waals surface area contributed by atoms with Gasteiger partial charge in [-0.25, -0.2) is 4.79 Å². The lowest BCUT2D eigenvalue weighted by atomic mass is 10.2. The molecule has 2 aliphatic rings. The van der Waals surface area contributed by atoms with Gasteiger partial charge in [-0.15, -0.1) is 0 Å². The van der Waals surface area contributed by atoms with Gasteiger partial charge < -0.3 is 15.5 Å². The molecule has 5 nitrogen and oxygen atoms in total. The number of nitrogens with one attached hydrogen (secondary N) is 2. The maximum atomic E-state index is 12.3. The molecule has 0 aromatic heterocycles. The lowest BCUT2D eigenvalue weighted by Gasteiger charge is -2.37. The Kier molecular flexibility index (Phi) is 5.08. The van der Waals surface area contributed by atoms with E-state index in [9.17, 15) is 4.79 Å². The predicted molar refractivity (Wildman–Crippen MR) is 89.9 cm³/mol. The number of piperazine rings is 1. The van der Waals surface area contributed by atoms with E-state index in [0.717, 1.165) is 39.3 Å². The largest absolute Gasteiger partial charge is 0.322 e. The molecule has 1 aromatic rings. The van der Waals surface area contributed by atoms with Crippen molar-refractivity contribution in [3.8, 4) is 0 Å². The summed E-state index contributed by atoms with van der Waals surface area (Å²) < 4.78 is 0. The Labute approximate surface area is 140 Å². The van der Waals surface area contributed by atoms with Crippen molar-refractivity contribution in [3.63, 3.8) is 0 Å². The Morgan fingerprint density at radius 3 is 2.68 bits per heavy atom. The summed E-state index contributed by atoms with van der Waals surface area (Å²) in [6.45, 7) is 5.47. The molecule has 0 aliphatic carbocycles. The van der Waals surface area contributed by atoms with Crippen LogP contribution < -0.4 is 10.6 Å². The van der Waals surface area contributed by atoms with Gasteiger partial charge >= 0.3 is 6.03 Å². The van der Waals surface area contributed by atoms with Crippen LogP contribution in [-0.4, -0.2) is 61.1 Å². The highest BCUT2D eigenvalue weighted by atomic mass is 35.5. The van der Waals surface area contributed by atoms with Crippen LogP contribution in [0.2, 0.25) is 10.0 Å². The molecule has 0 radical (unpaired) electrons. The van der Waals surface area contributed by atoms with E-state index >= 15 is 0 Å². The standard InChI is InChI=1S/C15H20Cl2N4O/c16-11-1-2-13(17)14(9-11)19-15(22)21-7-5-20(6-8-21)12-3-4-18-10-12/h1-2,9,12,18H,3-8,10H2,(H,19,22). The molecule has 0 bridgehead atoms. The summed E-state index contributed by atoms with van der Waals surface area (Å²) in [7, 11) is 0. The molecule has 0 saturated carbocycles. The van der Waals surface area contributed by atoms with Crippen molar-refractivity contribution in [2.24, 2.45) is 0 Å². The van der Waals surface area contributed by atoms with Gasteiger partial charge in [-0.1, -0.05) is 23.2 Å². The molecule has 3 rings (SSSR count). The van der Waals surface area contributed by atoms with Gasteiger partial charge in [-0.05, 0) is 31.2 Å². The van der Waals surface area contributed by atoms with Crippen LogP contribution in [0.4, 0.5) is 10.5 Å². The first-order valence-electron chi connectivity index (χ1n) is 7.59. The lowest BCUT2D eigenvalue weighted by molar-refractivity contribution is 0.119. The molecule has 2 aliphatic heterocycles. The first-order valence-corrected chi connectivity index (χ1v) is 8.35. The molecular formula is C15H20Cl2N4O. The number of hydrogen-bond donors (Lipinski definition) is 2. The summed E-state index contributed by atoms with van der Waals surface area (Å²) in [6, 6.07) is 5.56. The number of hydrogen-bond acceptors (Lipinski definition) is 3. The van der Waals surface area contributed by atoms with Gasteiger partial charge in [0.1, 0.15) is 0 Å². The van der Waals surface area contributed by atoms with Crippen molar-refractivity contribution in [1.82, 2.24) is 15.1 Å². The summed E-state index contributed by atoms with van der Waals surface area (Å²) in [6.07, 6.45) is 1.20. The number of anilines is 1. The Balaban J connectivity index is 1.54. The Morgan fingerprint density at radius 1 is 1.23 bits per heavy atom. The van der Waals surface area contributed by atoms with E-state index in [1.807, 2.05) is 4.90 Å². The highest BCUT2D eigenvalue weighted by Crippen LogP contribution is 2.25. The van der Waals surface area contributed by atoms with Crippen molar-refractivity contribution in [1.29, 1.82) is 0 Å². The van der Waals surface area contributed by atoms with Gasteiger partial charge in [0.05, 0.1) is 10.7 Å². The lowest BCUT2D eigenvalue weighted by Crippen LogP contribution is -2.53. The fourth-order valence-electron chi connectivity index (χ4n) is 3.03. The Hall–Kier alpha value is -1.01. The average molecular weight is 343 g/mol. The second-order valence-corrected chi connectivity index (χ2v) is 6.57. The molecule has 1 unspecified atom stereocenters. The number of nitrogens with zero attached hydrogens (tertiary/aromatic N) is 2. The molecular weight excluding hydrogens is 323 g/mol. The van der Waals surface area contributed by atoms with Crippen molar-refractivity contribution < 1.29 is 4.79 Å². The third-order valence-electron chi connectivity index (χ3n) is 4.32. The second kappa shape index (κ2) is 7.04. The number of carbonyl (C=O) groups excluding carboxylic acids is 1. The Bertz CT molecular complexity index is 540. The summed E-state index contributed by atoms with van der Waals surface area (Å²) in [5, 5.41) is 7.28. The van der Waals surface area contributed by atoms with Crippen LogP contribution in [0.25, 0.3) is 0 Å². The number of rotatable bonds is 2. The third-order valence-corrected chi connectivity index (χ3v) is 4.89. The van der Waals surface area contributed by atoms with Gasteiger partial charge in [-0.3, -0.25) is 4.90 Å².